The number of hydrogen-bond acceptors (Lipinski definition) is 5. The van der Waals surface area contributed by atoms with E-state index in [0.29, 0.717) is 11.6 Å². The SMILES string of the molecule is Cc1ccc2nc(SCc3nc(C)cc(N)n3)[nH]c2c1. The maximum absolute atomic E-state index is 5.72. The van der Waals surface area contributed by atoms with E-state index < -0.39 is 0 Å². The molecule has 3 rings (SSSR count). The number of hydrogen-bond donors (Lipinski definition) is 2. The van der Waals surface area contributed by atoms with Gasteiger partial charge in [0, 0.05) is 11.8 Å². The summed E-state index contributed by atoms with van der Waals surface area (Å²) in [6, 6.07) is 7.93. The summed E-state index contributed by atoms with van der Waals surface area (Å²) in [6.07, 6.45) is 0. The summed E-state index contributed by atoms with van der Waals surface area (Å²) >= 11 is 1.58. The summed E-state index contributed by atoms with van der Waals surface area (Å²) in [5, 5.41) is 0.870. The number of anilines is 1. The molecule has 0 atom stereocenters. The zero-order valence-corrected chi connectivity index (χ0v) is 12.2. The first-order valence-electron chi connectivity index (χ1n) is 6.29. The maximum atomic E-state index is 5.72. The second kappa shape index (κ2) is 5.13. The van der Waals surface area contributed by atoms with Crippen molar-refractivity contribution in [3.63, 3.8) is 0 Å². The number of aryl methyl sites for hydroxylation is 2. The Labute approximate surface area is 121 Å². The molecule has 0 amide bonds. The highest BCUT2D eigenvalue weighted by Gasteiger charge is 2.06. The average molecular weight is 285 g/mol. The number of aromatic amines is 1. The Hall–Kier alpha value is -2.08. The molecule has 5 nitrogen and oxygen atoms in total. The molecule has 0 saturated heterocycles. The molecular weight excluding hydrogens is 270 g/mol. The van der Waals surface area contributed by atoms with Crippen molar-refractivity contribution in [1.29, 1.82) is 0 Å². The van der Waals surface area contributed by atoms with E-state index in [0.717, 1.165) is 27.7 Å². The molecule has 3 aromatic rings. The number of thioether (sulfide) groups is 1. The number of nitrogens with two attached hydrogens (primary N) is 1. The number of nitrogens with one attached hydrogen (secondary N) is 1. The van der Waals surface area contributed by atoms with E-state index in [1.54, 1.807) is 17.8 Å². The zero-order chi connectivity index (χ0) is 14.1. The van der Waals surface area contributed by atoms with Gasteiger partial charge in [-0.3, -0.25) is 0 Å². The second-order valence-electron chi connectivity index (χ2n) is 4.70. The molecule has 20 heavy (non-hydrogen) atoms. The number of imidazole rings is 1. The highest BCUT2D eigenvalue weighted by Crippen LogP contribution is 2.22. The fourth-order valence-electron chi connectivity index (χ4n) is 2.02. The molecule has 3 N–H and O–H groups in total. The number of benzene rings is 1. The smallest absolute Gasteiger partial charge is 0.166 e. The van der Waals surface area contributed by atoms with E-state index >= 15 is 0 Å². The average Bonchev–Trinajstić information content (AvgIpc) is 2.77. The Morgan fingerprint density at radius 2 is 2.00 bits per heavy atom. The first-order valence-corrected chi connectivity index (χ1v) is 7.28. The van der Waals surface area contributed by atoms with Crippen LogP contribution in [0.1, 0.15) is 17.1 Å². The van der Waals surface area contributed by atoms with Gasteiger partial charge in [0.1, 0.15) is 11.6 Å². The molecule has 0 bridgehead atoms. The minimum Gasteiger partial charge on any atom is -0.384 e. The molecule has 6 heteroatoms. The third kappa shape index (κ3) is 2.75. The van der Waals surface area contributed by atoms with Crippen molar-refractivity contribution in [2.24, 2.45) is 0 Å². The van der Waals surface area contributed by atoms with Gasteiger partial charge in [0.25, 0.3) is 0 Å². The summed E-state index contributed by atoms with van der Waals surface area (Å²) in [5.74, 6) is 1.88. The normalized spacial score (nSPS) is 11.1. The minimum atomic E-state index is 0.508. The third-order valence-electron chi connectivity index (χ3n) is 2.87. The van der Waals surface area contributed by atoms with Crippen LogP contribution in [0.2, 0.25) is 0 Å². The van der Waals surface area contributed by atoms with Gasteiger partial charge in [-0.2, -0.15) is 0 Å². The van der Waals surface area contributed by atoms with Crippen LogP contribution in [0, 0.1) is 13.8 Å². The number of nitrogens with zero attached hydrogens (tertiary/aromatic N) is 3. The molecule has 102 valence electrons. The lowest BCUT2D eigenvalue weighted by atomic mass is 10.2. The van der Waals surface area contributed by atoms with Crippen LogP contribution in [-0.2, 0) is 5.75 Å². The van der Waals surface area contributed by atoms with Gasteiger partial charge in [0.05, 0.1) is 16.8 Å². The fourth-order valence-corrected chi connectivity index (χ4v) is 2.76. The minimum absolute atomic E-state index is 0.508. The molecule has 0 unspecified atom stereocenters. The highest BCUT2D eigenvalue weighted by molar-refractivity contribution is 7.98. The number of rotatable bonds is 3. The first kappa shape index (κ1) is 12.9. The van der Waals surface area contributed by atoms with Crippen molar-refractivity contribution in [2.45, 2.75) is 24.8 Å². The van der Waals surface area contributed by atoms with Crippen LogP contribution in [0.4, 0.5) is 5.82 Å². The summed E-state index contributed by atoms with van der Waals surface area (Å²) in [5.41, 5.74) is 9.85. The van der Waals surface area contributed by atoms with Gasteiger partial charge in [0.15, 0.2) is 5.16 Å². The summed E-state index contributed by atoms with van der Waals surface area (Å²) in [4.78, 5) is 16.4. The van der Waals surface area contributed by atoms with E-state index in [4.69, 9.17) is 5.73 Å². The van der Waals surface area contributed by atoms with Gasteiger partial charge >= 0.3 is 0 Å². The molecule has 1 aromatic carbocycles. The molecule has 2 aromatic heterocycles. The highest BCUT2D eigenvalue weighted by atomic mass is 32.2. The van der Waals surface area contributed by atoms with E-state index in [9.17, 15) is 0 Å². The van der Waals surface area contributed by atoms with Gasteiger partial charge < -0.3 is 10.7 Å². The Morgan fingerprint density at radius 1 is 1.15 bits per heavy atom. The lowest BCUT2D eigenvalue weighted by Crippen LogP contribution is -1.99. The van der Waals surface area contributed by atoms with E-state index in [2.05, 4.69) is 39.0 Å². The summed E-state index contributed by atoms with van der Waals surface area (Å²) in [6.45, 7) is 3.98. The zero-order valence-electron chi connectivity index (χ0n) is 11.3. The van der Waals surface area contributed by atoms with Crippen LogP contribution in [0.25, 0.3) is 11.0 Å². The van der Waals surface area contributed by atoms with Crippen LogP contribution in [0.15, 0.2) is 29.4 Å². The van der Waals surface area contributed by atoms with Crippen LogP contribution in [0.3, 0.4) is 0 Å². The molecule has 0 fully saturated rings. The first-order chi connectivity index (χ1) is 9.60. The van der Waals surface area contributed by atoms with Gasteiger partial charge in [-0.15, -0.1) is 0 Å². The van der Waals surface area contributed by atoms with Gasteiger partial charge in [0.2, 0.25) is 0 Å². The second-order valence-corrected chi connectivity index (χ2v) is 5.67. The number of aromatic nitrogens is 4. The summed E-state index contributed by atoms with van der Waals surface area (Å²) < 4.78 is 0. The van der Waals surface area contributed by atoms with Crippen molar-refractivity contribution >= 4 is 28.6 Å². The molecule has 0 aliphatic rings. The molecule has 0 saturated carbocycles. The van der Waals surface area contributed by atoms with Crippen LogP contribution < -0.4 is 5.73 Å². The lowest BCUT2D eigenvalue weighted by Gasteiger charge is -2.01. The quantitative estimate of drug-likeness (QED) is 0.723. The van der Waals surface area contributed by atoms with Crippen LogP contribution in [-0.4, -0.2) is 19.9 Å². The van der Waals surface area contributed by atoms with E-state index in [-0.39, 0.29) is 0 Å². The molecule has 0 aliphatic carbocycles. The number of H-pyrrole nitrogens is 1. The Morgan fingerprint density at radius 3 is 2.80 bits per heavy atom. The topological polar surface area (TPSA) is 80.5 Å². The van der Waals surface area contributed by atoms with E-state index in [1.807, 2.05) is 13.0 Å². The van der Waals surface area contributed by atoms with Crippen molar-refractivity contribution in [1.82, 2.24) is 19.9 Å². The predicted molar refractivity (Wildman–Crippen MR) is 81.6 cm³/mol. The Kier molecular flexibility index (Phi) is 3.31. The third-order valence-corrected chi connectivity index (χ3v) is 3.74. The number of nitrogen functional groups attached to an aromatic ring is 1. The molecular formula is C14H15N5S. The van der Waals surface area contributed by atoms with Crippen LogP contribution >= 0.6 is 11.8 Å². The van der Waals surface area contributed by atoms with Crippen molar-refractivity contribution in [3.05, 3.63) is 41.3 Å². The predicted octanol–water partition coefficient (Wildman–Crippen LogP) is 2.84. The molecule has 2 heterocycles. The standard InChI is InChI=1S/C14H15N5S/c1-8-3-4-10-11(5-8)18-14(17-10)20-7-13-16-9(2)6-12(15)19-13/h3-6H,7H2,1-2H3,(H,17,18)(H2,15,16,19). The maximum Gasteiger partial charge on any atom is 0.166 e. The molecule has 0 spiro atoms. The number of fused-ring (bicyclic) bond motifs is 1. The largest absolute Gasteiger partial charge is 0.384 e. The summed E-state index contributed by atoms with van der Waals surface area (Å²) in [7, 11) is 0. The lowest BCUT2D eigenvalue weighted by molar-refractivity contribution is 0.994. The van der Waals surface area contributed by atoms with Gasteiger partial charge in [-0.25, -0.2) is 15.0 Å². The Balaban J connectivity index is 1.79. The van der Waals surface area contributed by atoms with E-state index in [1.165, 1.54) is 5.56 Å². The fraction of sp³-hybridized carbons (Fsp3) is 0.214. The Bertz CT molecular complexity index is 745. The van der Waals surface area contributed by atoms with Crippen molar-refractivity contribution in [3.8, 4) is 0 Å². The molecule has 0 aliphatic heterocycles. The van der Waals surface area contributed by atoms with Crippen LogP contribution in [0.5, 0.6) is 0 Å². The van der Waals surface area contributed by atoms with Gasteiger partial charge in [-0.05, 0) is 31.5 Å². The molecule has 0 radical (unpaired) electrons. The van der Waals surface area contributed by atoms with Crippen molar-refractivity contribution < 1.29 is 0 Å². The van der Waals surface area contributed by atoms with Crippen molar-refractivity contribution in [2.75, 3.05) is 5.73 Å². The van der Waals surface area contributed by atoms with Gasteiger partial charge in [-0.1, -0.05) is 17.8 Å². The monoisotopic (exact) mass is 285 g/mol.